The van der Waals surface area contributed by atoms with Crippen molar-refractivity contribution in [2.75, 3.05) is 19.8 Å². The number of oxime groups is 1. The molecule has 1 unspecified atom stereocenters. The van der Waals surface area contributed by atoms with Crippen molar-refractivity contribution in [3.63, 3.8) is 0 Å². The van der Waals surface area contributed by atoms with Gasteiger partial charge in [0.25, 0.3) is 0 Å². The molecule has 2 aliphatic rings. The van der Waals surface area contributed by atoms with Crippen LogP contribution in [0.2, 0.25) is 0 Å². The van der Waals surface area contributed by atoms with Gasteiger partial charge in [-0.3, -0.25) is 0 Å². The van der Waals surface area contributed by atoms with E-state index >= 15 is 0 Å². The fraction of sp³-hybridized carbons (Fsp3) is 0.286. The molecule has 1 heterocycles. The molecule has 0 aromatic heterocycles. The third-order valence-electron chi connectivity index (χ3n) is 6.06. The second-order valence-corrected chi connectivity index (χ2v) is 8.57. The lowest BCUT2D eigenvalue weighted by molar-refractivity contribution is 0.155. The molecule has 35 heavy (non-hydrogen) atoms. The molecule has 1 saturated carbocycles. The molecular weight excluding hydrogens is 450 g/mol. The van der Waals surface area contributed by atoms with Gasteiger partial charge >= 0.3 is 0 Å². The van der Waals surface area contributed by atoms with E-state index in [2.05, 4.69) is 10.1 Å². The van der Waals surface area contributed by atoms with E-state index in [1.54, 1.807) is 0 Å². The van der Waals surface area contributed by atoms with Gasteiger partial charge < -0.3 is 14.3 Å². The van der Waals surface area contributed by atoms with E-state index < -0.39 is 11.6 Å². The third-order valence-corrected chi connectivity index (χ3v) is 6.06. The van der Waals surface area contributed by atoms with Gasteiger partial charge in [0.1, 0.15) is 48.8 Å². The first-order valence-corrected chi connectivity index (χ1v) is 11.8. The second kappa shape index (κ2) is 10.3. The second-order valence-electron chi connectivity index (χ2n) is 8.57. The van der Waals surface area contributed by atoms with Crippen LogP contribution in [-0.4, -0.2) is 31.4 Å². The Labute approximate surface area is 203 Å². The highest BCUT2D eigenvalue weighted by molar-refractivity contribution is 5.95. The van der Waals surface area contributed by atoms with Gasteiger partial charge in [-0.2, -0.15) is 0 Å². The van der Waals surface area contributed by atoms with Crippen molar-refractivity contribution in [2.24, 2.45) is 16.1 Å². The maximum absolute atomic E-state index is 14.1. The van der Waals surface area contributed by atoms with Crippen molar-refractivity contribution in [1.29, 1.82) is 0 Å². The zero-order valence-corrected chi connectivity index (χ0v) is 19.4. The summed E-state index contributed by atoms with van der Waals surface area (Å²) >= 11 is 0. The minimum Gasteiger partial charge on any atom is -0.488 e. The Morgan fingerprint density at radius 3 is 2.26 bits per heavy atom. The lowest BCUT2D eigenvalue weighted by Crippen LogP contribution is -2.14. The Morgan fingerprint density at radius 1 is 0.971 bits per heavy atom. The molecule has 1 fully saturated rings. The number of aliphatic imine (C=N–C) groups is 1. The summed E-state index contributed by atoms with van der Waals surface area (Å²) in [6.45, 7) is 3.14. The monoisotopic (exact) mass is 476 g/mol. The van der Waals surface area contributed by atoms with E-state index in [1.807, 2.05) is 55.5 Å². The lowest BCUT2D eigenvalue weighted by Gasteiger charge is -2.10. The van der Waals surface area contributed by atoms with Gasteiger partial charge in [-0.1, -0.05) is 47.6 Å². The van der Waals surface area contributed by atoms with Gasteiger partial charge in [0.15, 0.2) is 0 Å². The molecule has 0 saturated heterocycles. The van der Waals surface area contributed by atoms with Gasteiger partial charge in [-0.05, 0) is 60.7 Å². The molecule has 0 N–H and O–H groups in total. The standard InChI is InChI=1S/C28H26F2N2O3/c1-2-35-32-26(21-10-11-21)17-33-22-14-12-19(13-15-22)18-6-8-20(9-7-18)25-16-34-28(31-25)27-23(29)4-3-5-24(27)30/h3-9,12-15,21,25H,2,10-11,16-17H2,1H3/b32-26-. The highest BCUT2D eigenvalue weighted by Gasteiger charge is 2.29. The minimum absolute atomic E-state index is 0.00131. The molecule has 0 amide bonds. The van der Waals surface area contributed by atoms with E-state index in [0.29, 0.717) is 19.1 Å². The van der Waals surface area contributed by atoms with Crippen LogP contribution < -0.4 is 4.74 Å². The van der Waals surface area contributed by atoms with E-state index in [4.69, 9.17) is 14.3 Å². The van der Waals surface area contributed by atoms with Crippen molar-refractivity contribution in [3.8, 4) is 16.9 Å². The quantitative estimate of drug-likeness (QED) is 0.268. The number of hydrogen-bond donors (Lipinski definition) is 0. The van der Waals surface area contributed by atoms with Crippen LogP contribution in [0.3, 0.4) is 0 Å². The van der Waals surface area contributed by atoms with Crippen molar-refractivity contribution < 1.29 is 23.1 Å². The Balaban J connectivity index is 1.23. The lowest BCUT2D eigenvalue weighted by atomic mass is 10.0. The number of rotatable bonds is 9. The van der Waals surface area contributed by atoms with Gasteiger partial charge in [-0.25, -0.2) is 13.8 Å². The maximum Gasteiger partial charge on any atom is 0.222 e. The predicted molar refractivity (Wildman–Crippen MR) is 131 cm³/mol. The molecule has 0 radical (unpaired) electrons. The van der Waals surface area contributed by atoms with Gasteiger partial charge in [0.05, 0.1) is 5.71 Å². The molecule has 1 atom stereocenters. The molecule has 7 heteroatoms. The van der Waals surface area contributed by atoms with Gasteiger partial charge in [0.2, 0.25) is 5.90 Å². The third kappa shape index (κ3) is 5.34. The zero-order valence-electron chi connectivity index (χ0n) is 19.4. The smallest absolute Gasteiger partial charge is 0.222 e. The van der Waals surface area contributed by atoms with E-state index in [9.17, 15) is 8.78 Å². The minimum atomic E-state index is -0.683. The van der Waals surface area contributed by atoms with Crippen LogP contribution in [0.1, 0.15) is 36.9 Å². The Kier molecular flexibility index (Phi) is 6.75. The molecule has 1 aliphatic carbocycles. The summed E-state index contributed by atoms with van der Waals surface area (Å²) in [6, 6.07) is 19.2. The average molecular weight is 477 g/mol. The van der Waals surface area contributed by atoms with Crippen LogP contribution in [-0.2, 0) is 9.57 Å². The molecule has 1 aliphatic heterocycles. The van der Waals surface area contributed by atoms with Crippen LogP contribution in [0.4, 0.5) is 8.78 Å². The van der Waals surface area contributed by atoms with Crippen LogP contribution in [0.25, 0.3) is 11.1 Å². The summed E-state index contributed by atoms with van der Waals surface area (Å²) in [5, 5.41) is 4.19. The first kappa shape index (κ1) is 23.0. The molecule has 0 bridgehead atoms. The van der Waals surface area contributed by atoms with Crippen molar-refractivity contribution >= 4 is 11.6 Å². The van der Waals surface area contributed by atoms with E-state index in [-0.39, 0.29) is 24.1 Å². The number of nitrogens with zero attached hydrogens (tertiary/aromatic N) is 2. The normalized spacial score (nSPS) is 17.6. The Morgan fingerprint density at radius 2 is 1.63 bits per heavy atom. The number of halogens is 2. The van der Waals surface area contributed by atoms with Crippen LogP contribution >= 0.6 is 0 Å². The summed E-state index contributed by atoms with van der Waals surface area (Å²) in [5.41, 5.74) is 3.75. The maximum atomic E-state index is 14.1. The summed E-state index contributed by atoms with van der Waals surface area (Å²) in [5.74, 6) is -0.104. The number of ether oxygens (including phenoxy) is 2. The highest BCUT2D eigenvalue weighted by atomic mass is 19.1. The molecule has 0 spiro atoms. The predicted octanol–water partition coefficient (Wildman–Crippen LogP) is 6.33. The SMILES string of the molecule is CCO/N=C(/COc1ccc(-c2ccc(C3COC(c4c(F)cccc4F)=N3)cc2)cc1)C1CC1. The van der Waals surface area contributed by atoms with Crippen LogP contribution in [0.15, 0.2) is 76.9 Å². The molecule has 5 nitrogen and oxygen atoms in total. The van der Waals surface area contributed by atoms with E-state index in [1.165, 1.54) is 18.2 Å². The van der Waals surface area contributed by atoms with Crippen molar-refractivity contribution in [3.05, 3.63) is 89.5 Å². The average Bonchev–Trinajstić information content (AvgIpc) is 3.61. The molecule has 5 rings (SSSR count). The Hall–Kier alpha value is -3.74. The molecule has 180 valence electrons. The summed E-state index contributed by atoms with van der Waals surface area (Å²) in [6.07, 6.45) is 2.29. The zero-order chi connectivity index (χ0) is 24.2. The van der Waals surface area contributed by atoms with Crippen molar-refractivity contribution in [1.82, 2.24) is 0 Å². The van der Waals surface area contributed by atoms with Crippen LogP contribution in [0.5, 0.6) is 5.75 Å². The van der Waals surface area contributed by atoms with Crippen LogP contribution in [0, 0.1) is 17.6 Å². The number of hydrogen-bond acceptors (Lipinski definition) is 5. The summed E-state index contributed by atoms with van der Waals surface area (Å²) in [4.78, 5) is 9.62. The highest BCUT2D eigenvalue weighted by Crippen LogP contribution is 2.32. The summed E-state index contributed by atoms with van der Waals surface area (Å²) in [7, 11) is 0. The van der Waals surface area contributed by atoms with E-state index in [0.717, 1.165) is 41.0 Å². The largest absolute Gasteiger partial charge is 0.488 e. The fourth-order valence-corrected chi connectivity index (χ4v) is 3.96. The fourth-order valence-electron chi connectivity index (χ4n) is 3.96. The van der Waals surface area contributed by atoms with Crippen molar-refractivity contribution in [2.45, 2.75) is 25.8 Å². The molecular formula is C28H26F2N2O3. The molecule has 3 aromatic rings. The summed E-state index contributed by atoms with van der Waals surface area (Å²) < 4.78 is 39.5. The Bertz CT molecular complexity index is 1220. The topological polar surface area (TPSA) is 52.4 Å². The molecule has 3 aromatic carbocycles. The van der Waals surface area contributed by atoms with Gasteiger partial charge in [0, 0.05) is 5.92 Å². The first-order chi connectivity index (χ1) is 17.1. The first-order valence-electron chi connectivity index (χ1n) is 11.8. The number of benzene rings is 3. The van der Waals surface area contributed by atoms with Gasteiger partial charge in [-0.15, -0.1) is 0 Å².